The molecule has 166 valence electrons. The summed E-state index contributed by atoms with van der Waals surface area (Å²) in [7, 11) is -3.90. The maximum atomic E-state index is 12.7. The van der Waals surface area contributed by atoms with Crippen LogP contribution in [0.15, 0.2) is 29.2 Å². The molecule has 0 spiro atoms. The number of alkyl halides is 3. The van der Waals surface area contributed by atoms with Gasteiger partial charge in [-0.05, 0) is 30.7 Å². The Hall–Kier alpha value is -2.34. The van der Waals surface area contributed by atoms with Gasteiger partial charge in [0.25, 0.3) is 0 Å². The zero-order valence-corrected chi connectivity index (χ0v) is 16.9. The SMILES string of the molecule is O=C1CCCN1CCC(=O)N1CCN(S(=O)(=O)c2ccc(OC(F)(F)F)cc2)CC1. The van der Waals surface area contributed by atoms with E-state index in [0.717, 1.165) is 30.7 Å². The number of piperazine rings is 1. The molecule has 2 saturated heterocycles. The summed E-state index contributed by atoms with van der Waals surface area (Å²) in [6.07, 6.45) is -3.36. The van der Waals surface area contributed by atoms with Crippen LogP contribution >= 0.6 is 0 Å². The van der Waals surface area contributed by atoms with Crippen LogP contribution in [0, 0.1) is 0 Å². The molecule has 2 fully saturated rings. The lowest BCUT2D eigenvalue weighted by Crippen LogP contribution is -2.50. The lowest BCUT2D eigenvalue weighted by molar-refractivity contribution is -0.274. The highest BCUT2D eigenvalue weighted by Gasteiger charge is 2.33. The number of sulfonamides is 1. The average Bonchev–Trinajstić information content (AvgIpc) is 3.10. The standard InChI is InChI=1S/C18H22F3N3O5S/c19-18(20,21)29-14-3-5-15(6-4-14)30(27,28)24-12-10-23(11-13-24)17(26)7-9-22-8-1-2-16(22)25/h3-6H,1-2,7-13H2. The monoisotopic (exact) mass is 449 g/mol. The number of likely N-dealkylation sites (tertiary alicyclic amines) is 1. The van der Waals surface area contributed by atoms with Gasteiger partial charge >= 0.3 is 6.36 Å². The summed E-state index contributed by atoms with van der Waals surface area (Å²) in [6.45, 7) is 1.60. The van der Waals surface area contributed by atoms with Crippen molar-refractivity contribution in [3.05, 3.63) is 24.3 Å². The van der Waals surface area contributed by atoms with Crippen LogP contribution < -0.4 is 4.74 Å². The Balaban J connectivity index is 1.53. The molecule has 2 aliphatic heterocycles. The van der Waals surface area contributed by atoms with Crippen LogP contribution in [0.5, 0.6) is 5.75 Å². The third-order valence-electron chi connectivity index (χ3n) is 5.05. The van der Waals surface area contributed by atoms with Crippen molar-refractivity contribution in [3.8, 4) is 5.75 Å². The van der Waals surface area contributed by atoms with E-state index >= 15 is 0 Å². The molecule has 0 aliphatic carbocycles. The first-order valence-corrected chi connectivity index (χ1v) is 10.9. The van der Waals surface area contributed by atoms with Crippen LogP contribution in [-0.4, -0.2) is 80.0 Å². The predicted octanol–water partition coefficient (Wildman–Crippen LogP) is 1.43. The van der Waals surface area contributed by atoms with Crippen molar-refractivity contribution in [1.82, 2.24) is 14.1 Å². The molecule has 2 aliphatic rings. The Morgan fingerprint density at radius 1 is 1.03 bits per heavy atom. The van der Waals surface area contributed by atoms with E-state index in [4.69, 9.17) is 0 Å². The summed E-state index contributed by atoms with van der Waals surface area (Å²) in [4.78, 5) is 27.0. The molecule has 0 aromatic heterocycles. The van der Waals surface area contributed by atoms with Gasteiger partial charge in [-0.2, -0.15) is 4.31 Å². The van der Waals surface area contributed by atoms with E-state index in [9.17, 15) is 31.2 Å². The molecule has 0 N–H and O–H groups in total. The molecule has 0 saturated carbocycles. The first-order valence-electron chi connectivity index (χ1n) is 9.48. The Morgan fingerprint density at radius 3 is 2.20 bits per heavy atom. The van der Waals surface area contributed by atoms with E-state index in [1.807, 2.05) is 0 Å². The van der Waals surface area contributed by atoms with E-state index in [0.29, 0.717) is 19.5 Å². The number of benzene rings is 1. The third-order valence-corrected chi connectivity index (χ3v) is 6.97. The molecule has 0 unspecified atom stereocenters. The van der Waals surface area contributed by atoms with Crippen LogP contribution in [0.1, 0.15) is 19.3 Å². The number of amides is 2. The van der Waals surface area contributed by atoms with Crippen LogP contribution in [0.25, 0.3) is 0 Å². The van der Waals surface area contributed by atoms with E-state index in [2.05, 4.69) is 4.74 Å². The summed E-state index contributed by atoms with van der Waals surface area (Å²) < 4.78 is 67.1. The lowest BCUT2D eigenvalue weighted by Gasteiger charge is -2.34. The van der Waals surface area contributed by atoms with E-state index < -0.39 is 22.1 Å². The number of nitrogens with zero attached hydrogens (tertiary/aromatic N) is 3. The van der Waals surface area contributed by atoms with Gasteiger partial charge < -0.3 is 14.5 Å². The van der Waals surface area contributed by atoms with Crippen molar-refractivity contribution < 1.29 is 35.9 Å². The predicted molar refractivity (Wildman–Crippen MR) is 98.9 cm³/mol. The summed E-state index contributed by atoms with van der Waals surface area (Å²) >= 11 is 0. The second-order valence-electron chi connectivity index (χ2n) is 7.04. The molecular weight excluding hydrogens is 427 g/mol. The Kier molecular flexibility index (Phi) is 6.56. The highest BCUT2D eigenvalue weighted by atomic mass is 32.2. The molecular formula is C18H22F3N3O5S. The van der Waals surface area contributed by atoms with Crippen molar-refractivity contribution in [3.63, 3.8) is 0 Å². The number of carbonyl (C=O) groups excluding carboxylic acids is 2. The van der Waals surface area contributed by atoms with Crippen LogP contribution in [-0.2, 0) is 19.6 Å². The van der Waals surface area contributed by atoms with E-state index in [-0.39, 0.29) is 49.3 Å². The molecule has 0 bridgehead atoms. The maximum absolute atomic E-state index is 12.7. The van der Waals surface area contributed by atoms with Crippen molar-refractivity contribution in [2.24, 2.45) is 0 Å². The number of halogens is 3. The molecule has 1 aromatic carbocycles. The number of hydrogen-bond acceptors (Lipinski definition) is 5. The zero-order valence-electron chi connectivity index (χ0n) is 16.1. The van der Waals surface area contributed by atoms with E-state index in [1.54, 1.807) is 9.80 Å². The van der Waals surface area contributed by atoms with Crippen LogP contribution in [0.4, 0.5) is 13.2 Å². The smallest absolute Gasteiger partial charge is 0.406 e. The van der Waals surface area contributed by atoms with Gasteiger partial charge in [-0.1, -0.05) is 0 Å². The van der Waals surface area contributed by atoms with Crippen LogP contribution in [0.2, 0.25) is 0 Å². The molecule has 2 amide bonds. The Bertz CT molecular complexity index is 881. The fourth-order valence-electron chi connectivity index (χ4n) is 3.47. The fourth-order valence-corrected chi connectivity index (χ4v) is 4.89. The van der Waals surface area contributed by atoms with Crippen molar-refractivity contribution in [2.45, 2.75) is 30.5 Å². The average molecular weight is 449 g/mol. The Morgan fingerprint density at radius 2 is 1.67 bits per heavy atom. The first-order chi connectivity index (χ1) is 14.1. The normalized spacial score (nSPS) is 18.7. The van der Waals surface area contributed by atoms with E-state index in [1.165, 1.54) is 4.31 Å². The molecule has 0 radical (unpaired) electrons. The number of hydrogen-bond donors (Lipinski definition) is 0. The largest absolute Gasteiger partial charge is 0.573 e. The zero-order chi connectivity index (χ0) is 21.9. The lowest BCUT2D eigenvalue weighted by atomic mass is 10.3. The maximum Gasteiger partial charge on any atom is 0.573 e. The first kappa shape index (κ1) is 22.3. The van der Waals surface area contributed by atoms with Gasteiger partial charge in [0, 0.05) is 52.1 Å². The van der Waals surface area contributed by atoms with Crippen molar-refractivity contribution >= 4 is 21.8 Å². The highest BCUT2D eigenvalue weighted by molar-refractivity contribution is 7.89. The minimum atomic E-state index is -4.86. The van der Waals surface area contributed by atoms with Gasteiger partial charge in [0.05, 0.1) is 4.90 Å². The molecule has 12 heteroatoms. The van der Waals surface area contributed by atoms with Crippen molar-refractivity contribution in [1.29, 1.82) is 0 Å². The van der Waals surface area contributed by atoms with Gasteiger partial charge in [0.2, 0.25) is 21.8 Å². The summed E-state index contributed by atoms with van der Waals surface area (Å²) in [6, 6.07) is 4.00. The third kappa shape index (κ3) is 5.42. The topological polar surface area (TPSA) is 87.2 Å². The van der Waals surface area contributed by atoms with Gasteiger partial charge in [-0.15, -0.1) is 13.2 Å². The molecule has 0 atom stereocenters. The summed E-state index contributed by atoms with van der Waals surface area (Å²) in [5.74, 6) is -0.598. The minimum Gasteiger partial charge on any atom is -0.406 e. The summed E-state index contributed by atoms with van der Waals surface area (Å²) in [5.41, 5.74) is 0. The van der Waals surface area contributed by atoms with Gasteiger partial charge in [-0.3, -0.25) is 9.59 Å². The van der Waals surface area contributed by atoms with Gasteiger partial charge in [0.1, 0.15) is 5.75 Å². The van der Waals surface area contributed by atoms with Gasteiger partial charge in [0.15, 0.2) is 0 Å². The molecule has 30 heavy (non-hydrogen) atoms. The number of ether oxygens (including phenoxy) is 1. The Labute approximate surface area is 172 Å². The molecule has 8 nitrogen and oxygen atoms in total. The quantitative estimate of drug-likeness (QED) is 0.656. The fraction of sp³-hybridized carbons (Fsp3) is 0.556. The number of carbonyl (C=O) groups is 2. The van der Waals surface area contributed by atoms with Gasteiger partial charge in [-0.25, -0.2) is 8.42 Å². The molecule has 2 heterocycles. The molecule has 1 aromatic rings. The molecule has 3 rings (SSSR count). The minimum absolute atomic E-state index is 0.0466. The summed E-state index contributed by atoms with van der Waals surface area (Å²) in [5, 5.41) is 0. The number of rotatable bonds is 6. The van der Waals surface area contributed by atoms with Crippen molar-refractivity contribution in [2.75, 3.05) is 39.3 Å². The highest BCUT2D eigenvalue weighted by Crippen LogP contribution is 2.25. The second kappa shape index (κ2) is 8.80. The van der Waals surface area contributed by atoms with Crippen LogP contribution in [0.3, 0.4) is 0 Å². The second-order valence-corrected chi connectivity index (χ2v) is 8.98.